The summed E-state index contributed by atoms with van der Waals surface area (Å²) < 4.78 is 37.0. The average Bonchev–Trinajstić information content (AvgIpc) is 2.46. The van der Waals surface area contributed by atoms with E-state index in [1.807, 2.05) is 18.2 Å². The molecule has 2 nitrogen and oxygen atoms in total. The fourth-order valence-electron chi connectivity index (χ4n) is 2.89. The summed E-state index contributed by atoms with van der Waals surface area (Å²) in [5, 5.41) is 3.49. The second kappa shape index (κ2) is 7.27. The Balaban J connectivity index is 2.00. The molecule has 1 saturated heterocycles. The van der Waals surface area contributed by atoms with Gasteiger partial charge < -0.3 is 5.32 Å². The van der Waals surface area contributed by atoms with Gasteiger partial charge >= 0.3 is 6.18 Å². The number of hydrogen-bond donors (Lipinski definition) is 1. The molecule has 1 aromatic rings. The molecule has 0 bridgehead atoms. The van der Waals surface area contributed by atoms with Crippen LogP contribution in [0.3, 0.4) is 0 Å². The summed E-state index contributed by atoms with van der Waals surface area (Å²) >= 11 is 0. The van der Waals surface area contributed by atoms with Crippen molar-refractivity contribution < 1.29 is 13.2 Å². The van der Waals surface area contributed by atoms with Gasteiger partial charge in [0.25, 0.3) is 0 Å². The molecule has 2 unspecified atom stereocenters. The van der Waals surface area contributed by atoms with Crippen LogP contribution in [0.15, 0.2) is 30.3 Å². The summed E-state index contributed by atoms with van der Waals surface area (Å²) in [6.07, 6.45) is -3.59. The molecule has 0 spiro atoms. The fraction of sp³-hybridized carbons (Fsp3) is 0.625. The largest absolute Gasteiger partial charge is 0.389 e. The van der Waals surface area contributed by atoms with Gasteiger partial charge in [0.2, 0.25) is 0 Å². The van der Waals surface area contributed by atoms with E-state index in [1.165, 1.54) is 5.56 Å². The van der Waals surface area contributed by atoms with Crippen molar-refractivity contribution in [2.45, 2.75) is 44.4 Å². The molecule has 1 N–H and O–H groups in total. The zero-order chi connectivity index (χ0) is 15.3. The molecule has 1 aliphatic rings. The molecule has 1 heterocycles. The van der Waals surface area contributed by atoms with Crippen LogP contribution >= 0.6 is 0 Å². The van der Waals surface area contributed by atoms with Crippen molar-refractivity contribution in [3.63, 3.8) is 0 Å². The van der Waals surface area contributed by atoms with Crippen LogP contribution in [-0.4, -0.2) is 36.8 Å². The van der Waals surface area contributed by atoms with E-state index in [0.717, 1.165) is 19.5 Å². The van der Waals surface area contributed by atoms with Gasteiger partial charge in [-0.15, -0.1) is 0 Å². The van der Waals surface area contributed by atoms with Crippen LogP contribution in [-0.2, 0) is 0 Å². The molecule has 5 heteroatoms. The number of nitrogens with zero attached hydrogens (tertiary/aromatic N) is 1. The summed E-state index contributed by atoms with van der Waals surface area (Å²) in [5.41, 5.74) is 1.17. The van der Waals surface area contributed by atoms with Crippen molar-refractivity contribution in [2.75, 3.05) is 19.6 Å². The maximum absolute atomic E-state index is 12.3. The summed E-state index contributed by atoms with van der Waals surface area (Å²) in [7, 11) is 0. The lowest BCUT2D eigenvalue weighted by Gasteiger charge is -2.40. The topological polar surface area (TPSA) is 15.3 Å². The van der Waals surface area contributed by atoms with Crippen molar-refractivity contribution in [3.8, 4) is 0 Å². The van der Waals surface area contributed by atoms with Gasteiger partial charge in [0.15, 0.2) is 0 Å². The van der Waals surface area contributed by atoms with Crippen LogP contribution in [0.5, 0.6) is 0 Å². The highest BCUT2D eigenvalue weighted by molar-refractivity contribution is 5.20. The van der Waals surface area contributed by atoms with E-state index < -0.39 is 12.6 Å². The van der Waals surface area contributed by atoms with E-state index in [4.69, 9.17) is 0 Å². The van der Waals surface area contributed by atoms with Gasteiger partial charge in [0, 0.05) is 31.6 Å². The Morgan fingerprint density at radius 1 is 1.24 bits per heavy atom. The molecule has 1 fully saturated rings. The Bertz CT molecular complexity index is 419. The number of benzene rings is 1. The maximum atomic E-state index is 12.3. The van der Waals surface area contributed by atoms with Crippen molar-refractivity contribution in [1.82, 2.24) is 10.2 Å². The number of piperazine rings is 1. The highest BCUT2D eigenvalue weighted by atomic mass is 19.4. The van der Waals surface area contributed by atoms with Gasteiger partial charge in [-0.3, -0.25) is 4.90 Å². The average molecular weight is 300 g/mol. The molecule has 2 rings (SSSR count). The molecule has 0 amide bonds. The number of hydrogen-bond acceptors (Lipinski definition) is 2. The van der Waals surface area contributed by atoms with E-state index >= 15 is 0 Å². The number of halogens is 3. The van der Waals surface area contributed by atoms with Gasteiger partial charge in [-0.25, -0.2) is 0 Å². The Hall–Kier alpha value is -1.07. The van der Waals surface area contributed by atoms with Crippen molar-refractivity contribution in [2.24, 2.45) is 0 Å². The lowest BCUT2D eigenvalue weighted by atomic mass is 9.99. The van der Waals surface area contributed by atoms with Crippen LogP contribution in [0.1, 0.15) is 37.8 Å². The Kier molecular flexibility index (Phi) is 5.65. The third-order valence-corrected chi connectivity index (χ3v) is 4.08. The molecular formula is C16H23F3N2. The molecule has 0 radical (unpaired) electrons. The SMILES string of the molecule is CCC1CN(CCCC(F)(F)F)C(c2ccccc2)CN1. The summed E-state index contributed by atoms with van der Waals surface area (Å²) in [4.78, 5) is 2.20. The highest BCUT2D eigenvalue weighted by Crippen LogP contribution is 2.27. The smallest absolute Gasteiger partial charge is 0.311 e. The van der Waals surface area contributed by atoms with Gasteiger partial charge in [-0.1, -0.05) is 37.3 Å². The van der Waals surface area contributed by atoms with Crippen molar-refractivity contribution in [3.05, 3.63) is 35.9 Å². The van der Waals surface area contributed by atoms with Crippen LogP contribution < -0.4 is 5.32 Å². The number of nitrogens with one attached hydrogen (secondary N) is 1. The van der Waals surface area contributed by atoms with E-state index in [2.05, 4.69) is 29.3 Å². The Morgan fingerprint density at radius 2 is 1.95 bits per heavy atom. The summed E-state index contributed by atoms with van der Waals surface area (Å²) in [5.74, 6) is 0. The standard InChI is InChI=1S/C16H23F3N2/c1-2-14-12-21(10-6-9-16(17,18)19)15(11-20-14)13-7-4-3-5-8-13/h3-5,7-8,14-15,20H,2,6,9-12H2,1H3. The second-order valence-electron chi connectivity index (χ2n) is 5.65. The van der Waals surface area contributed by atoms with Crippen LogP contribution in [0.25, 0.3) is 0 Å². The van der Waals surface area contributed by atoms with E-state index in [-0.39, 0.29) is 12.5 Å². The zero-order valence-corrected chi connectivity index (χ0v) is 12.4. The monoisotopic (exact) mass is 300 g/mol. The zero-order valence-electron chi connectivity index (χ0n) is 12.4. The number of rotatable bonds is 5. The first-order valence-corrected chi connectivity index (χ1v) is 7.58. The molecule has 21 heavy (non-hydrogen) atoms. The summed E-state index contributed by atoms with van der Waals surface area (Å²) in [6, 6.07) is 10.6. The molecular weight excluding hydrogens is 277 g/mol. The summed E-state index contributed by atoms with van der Waals surface area (Å²) in [6.45, 7) is 4.22. The Labute approximate surface area is 124 Å². The van der Waals surface area contributed by atoms with Gasteiger partial charge in [0.1, 0.15) is 0 Å². The molecule has 0 saturated carbocycles. The van der Waals surface area contributed by atoms with Crippen LogP contribution in [0.4, 0.5) is 13.2 Å². The van der Waals surface area contributed by atoms with Crippen LogP contribution in [0, 0.1) is 0 Å². The van der Waals surface area contributed by atoms with Gasteiger partial charge in [0.05, 0.1) is 0 Å². The molecule has 2 atom stereocenters. The predicted molar refractivity (Wildman–Crippen MR) is 78.1 cm³/mol. The fourth-order valence-corrected chi connectivity index (χ4v) is 2.89. The number of alkyl halides is 3. The minimum atomic E-state index is -4.06. The second-order valence-corrected chi connectivity index (χ2v) is 5.65. The molecule has 1 aromatic carbocycles. The van der Waals surface area contributed by atoms with E-state index in [0.29, 0.717) is 12.6 Å². The lowest BCUT2D eigenvalue weighted by molar-refractivity contribution is -0.136. The molecule has 0 aromatic heterocycles. The van der Waals surface area contributed by atoms with Crippen molar-refractivity contribution >= 4 is 0 Å². The van der Waals surface area contributed by atoms with Crippen LogP contribution in [0.2, 0.25) is 0 Å². The molecule has 118 valence electrons. The third-order valence-electron chi connectivity index (χ3n) is 4.08. The maximum Gasteiger partial charge on any atom is 0.389 e. The van der Waals surface area contributed by atoms with E-state index in [1.54, 1.807) is 0 Å². The van der Waals surface area contributed by atoms with Gasteiger partial charge in [-0.2, -0.15) is 13.2 Å². The first kappa shape index (κ1) is 16.3. The normalized spacial score (nSPS) is 24.2. The minimum absolute atomic E-state index is 0.169. The first-order valence-electron chi connectivity index (χ1n) is 7.58. The van der Waals surface area contributed by atoms with Gasteiger partial charge in [-0.05, 0) is 24.9 Å². The minimum Gasteiger partial charge on any atom is -0.311 e. The third kappa shape index (κ3) is 5.00. The quantitative estimate of drug-likeness (QED) is 0.891. The lowest BCUT2D eigenvalue weighted by Crippen LogP contribution is -2.52. The molecule has 0 aliphatic carbocycles. The highest BCUT2D eigenvalue weighted by Gasteiger charge is 2.30. The van der Waals surface area contributed by atoms with E-state index in [9.17, 15) is 13.2 Å². The van der Waals surface area contributed by atoms with Crippen molar-refractivity contribution in [1.29, 1.82) is 0 Å². The predicted octanol–water partition coefficient (Wildman–Crippen LogP) is 3.75. The molecule has 1 aliphatic heterocycles. The Morgan fingerprint density at radius 3 is 2.57 bits per heavy atom. The first-order chi connectivity index (χ1) is 9.99.